The molecule has 0 bridgehead atoms. The lowest BCUT2D eigenvalue weighted by molar-refractivity contribution is 0.138. The van der Waals surface area contributed by atoms with Gasteiger partial charge >= 0.3 is 5.76 Å². The normalized spacial score (nSPS) is 11.1. The lowest BCUT2D eigenvalue weighted by Crippen LogP contribution is -2.17. The molecule has 0 fully saturated rings. The monoisotopic (exact) mass is 222 g/mol. The number of ether oxygens (including phenoxy) is 1. The fourth-order valence-corrected chi connectivity index (χ4v) is 1.59. The fraction of sp³-hybridized carbons (Fsp3) is 0.364. The van der Waals surface area contributed by atoms with Crippen LogP contribution >= 0.6 is 0 Å². The van der Waals surface area contributed by atoms with Gasteiger partial charge in [-0.3, -0.25) is 4.57 Å². The van der Waals surface area contributed by atoms with Gasteiger partial charge in [0.05, 0.1) is 18.7 Å². The Balaban J connectivity index is 2.36. The molecule has 0 aliphatic carbocycles. The number of fused-ring (bicyclic) bond motifs is 1. The first-order valence-electron chi connectivity index (χ1n) is 5.19. The number of hydrogen-bond donors (Lipinski definition) is 1. The van der Waals surface area contributed by atoms with E-state index >= 15 is 0 Å². The van der Waals surface area contributed by atoms with E-state index in [1.165, 1.54) is 0 Å². The van der Waals surface area contributed by atoms with Crippen LogP contribution in [0.5, 0.6) is 0 Å². The molecule has 0 saturated heterocycles. The molecule has 1 aromatic heterocycles. The smallest absolute Gasteiger partial charge is 0.408 e. The van der Waals surface area contributed by atoms with Gasteiger partial charge in [-0.05, 0) is 19.1 Å². The lowest BCUT2D eigenvalue weighted by atomic mass is 10.3. The van der Waals surface area contributed by atoms with Crippen molar-refractivity contribution in [1.29, 1.82) is 0 Å². The average Bonchev–Trinajstić information content (AvgIpc) is 2.55. The largest absolute Gasteiger partial charge is 0.420 e. The highest BCUT2D eigenvalue weighted by molar-refractivity contribution is 5.76. The second-order valence-electron chi connectivity index (χ2n) is 3.44. The molecule has 1 aromatic carbocycles. The summed E-state index contributed by atoms with van der Waals surface area (Å²) >= 11 is 0. The van der Waals surface area contributed by atoms with E-state index in [1.54, 1.807) is 22.8 Å². The molecule has 2 N–H and O–H groups in total. The zero-order valence-electron chi connectivity index (χ0n) is 9.10. The SMILES string of the molecule is CCOCCn1c(=O)oc2cc(N)ccc21. The summed E-state index contributed by atoms with van der Waals surface area (Å²) in [6.07, 6.45) is 0. The Morgan fingerprint density at radius 2 is 2.31 bits per heavy atom. The van der Waals surface area contributed by atoms with Gasteiger partial charge in [0.25, 0.3) is 0 Å². The van der Waals surface area contributed by atoms with Crippen LogP contribution in [0.2, 0.25) is 0 Å². The molecule has 16 heavy (non-hydrogen) atoms. The van der Waals surface area contributed by atoms with Crippen molar-refractivity contribution in [2.24, 2.45) is 0 Å². The van der Waals surface area contributed by atoms with Crippen LogP contribution in [0.15, 0.2) is 27.4 Å². The molecule has 0 spiro atoms. The summed E-state index contributed by atoms with van der Waals surface area (Å²) in [4.78, 5) is 11.5. The molecule has 86 valence electrons. The Morgan fingerprint density at radius 1 is 1.50 bits per heavy atom. The Morgan fingerprint density at radius 3 is 3.06 bits per heavy atom. The van der Waals surface area contributed by atoms with E-state index in [9.17, 15) is 4.79 Å². The minimum Gasteiger partial charge on any atom is -0.408 e. The highest BCUT2D eigenvalue weighted by atomic mass is 16.5. The number of nitrogen functional groups attached to an aromatic ring is 1. The van der Waals surface area contributed by atoms with Crippen molar-refractivity contribution in [2.75, 3.05) is 18.9 Å². The third kappa shape index (κ3) is 1.94. The summed E-state index contributed by atoms with van der Waals surface area (Å²) in [5.74, 6) is -0.375. The predicted octanol–water partition coefficient (Wildman–Crippen LogP) is 1.21. The number of hydrogen-bond acceptors (Lipinski definition) is 4. The number of oxazole rings is 1. The van der Waals surface area contributed by atoms with Crippen LogP contribution in [0.4, 0.5) is 5.69 Å². The molecule has 0 aliphatic heterocycles. The van der Waals surface area contributed by atoms with Gasteiger partial charge in [0.1, 0.15) is 0 Å². The van der Waals surface area contributed by atoms with Crippen molar-refractivity contribution in [3.63, 3.8) is 0 Å². The van der Waals surface area contributed by atoms with E-state index in [4.69, 9.17) is 14.9 Å². The van der Waals surface area contributed by atoms with E-state index in [0.29, 0.717) is 31.0 Å². The number of nitrogens with zero attached hydrogens (tertiary/aromatic N) is 1. The molecule has 5 nitrogen and oxygen atoms in total. The maximum absolute atomic E-state index is 11.5. The summed E-state index contributed by atoms with van der Waals surface area (Å²) in [7, 11) is 0. The number of rotatable bonds is 4. The standard InChI is InChI=1S/C11H14N2O3/c1-2-15-6-5-13-9-4-3-8(12)7-10(9)16-11(13)14/h3-4,7H,2,5-6,12H2,1H3. The molecule has 0 saturated carbocycles. The molecule has 2 rings (SSSR count). The van der Waals surface area contributed by atoms with Crippen LogP contribution in [0.3, 0.4) is 0 Å². The van der Waals surface area contributed by atoms with Gasteiger partial charge in [-0.1, -0.05) is 0 Å². The Hall–Kier alpha value is -1.75. The lowest BCUT2D eigenvalue weighted by Gasteiger charge is -2.02. The molecule has 0 amide bonds. The molecule has 5 heteroatoms. The van der Waals surface area contributed by atoms with Gasteiger partial charge in [-0.15, -0.1) is 0 Å². The third-order valence-electron chi connectivity index (χ3n) is 2.36. The second kappa shape index (κ2) is 4.40. The van der Waals surface area contributed by atoms with Crippen LogP contribution in [0.1, 0.15) is 6.92 Å². The van der Waals surface area contributed by atoms with Crippen molar-refractivity contribution < 1.29 is 9.15 Å². The molecule has 0 unspecified atom stereocenters. The molecule has 0 radical (unpaired) electrons. The van der Waals surface area contributed by atoms with Crippen LogP contribution in [0, 0.1) is 0 Å². The van der Waals surface area contributed by atoms with E-state index in [-0.39, 0.29) is 5.76 Å². The van der Waals surface area contributed by atoms with Crippen molar-refractivity contribution >= 4 is 16.8 Å². The quantitative estimate of drug-likeness (QED) is 0.623. The molecule has 0 atom stereocenters. The van der Waals surface area contributed by atoms with Crippen molar-refractivity contribution in [3.05, 3.63) is 28.7 Å². The van der Waals surface area contributed by atoms with Crippen LogP contribution in [0.25, 0.3) is 11.1 Å². The number of nitrogens with two attached hydrogens (primary N) is 1. The highest BCUT2D eigenvalue weighted by Gasteiger charge is 2.08. The topological polar surface area (TPSA) is 70.4 Å². The van der Waals surface area contributed by atoms with Crippen molar-refractivity contribution in [3.8, 4) is 0 Å². The van der Waals surface area contributed by atoms with Gasteiger partial charge in [-0.25, -0.2) is 4.79 Å². The number of aromatic nitrogens is 1. The summed E-state index contributed by atoms with van der Waals surface area (Å²) in [5, 5.41) is 0. The maximum Gasteiger partial charge on any atom is 0.420 e. The predicted molar refractivity (Wildman–Crippen MR) is 61.4 cm³/mol. The van der Waals surface area contributed by atoms with E-state index in [1.807, 2.05) is 6.92 Å². The number of anilines is 1. The Bertz CT molecular complexity index is 542. The zero-order valence-corrected chi connectivity index (χ0v) is 9.10. The van der Waals surface area contributed by atoms with Gasteiger partial charge < -0.3 is 14.9 Å². The van der Waals surface area contributed by atoms with Gasteiger partial charge in [0, 0.05) is 18.4 Å². The molecule has 1 heterocycles. The van der Waals surface area contributed by atoms with E-state index in [0.717, 1.165) is 5.52 Å². The molecular weight excluding hydrogens is 208 g/mol. The van der Waals surface area contributed by atoms with Crippen LogP contribution < -0.4 is 11.5 Å². The minimum atomic E-state index is -0.375. The molecule has 2 aromatic rings. The van der Waals surface area contributed by atoms with Crippen molar-refractivity contribution in [1.82, 2.24) is 4.57 Å². The summed E-state index contributed by atoms with van der Waals surface area (Å²) < 4.78 is 11.8. The van der Waals surface area contributed by atoms with Crippen LogP contribution in [-0.4, -0.2) is 17.8 Å². The minimum absolute atomic E-state index is 0.375. The molecular formula is C11H14N2O3. The van der Waals surface area contributed by atoms with Gasteiger partial charge in [0.2, 0.25) is 0 Å². The average molecular weight is 222 g/mol. The van der Waals surface area contributed by atoms with Crippen LogP contribution in [-0.2, 0) is 11.3 Å². The first-order chi connectivity index (χ1) is 7.72. The van der Waals surface area contributed by atoms with Crippen molar-refractivity contribution in [2.45, 2.75) is 13.5 Å². The summed E-state index contributed by atoms with van der Waals surface area (Å²) in [5.41, 5.74) is 7.45. The third-order valence-corrected chi connectivity index (χ3v) is 2.36. The zero-order chi connectivity index (χ0) is 11.5. The van der Waals surface area contributed by atoms with E-state index in [2.05, 4.69) is 0 Å². The van der Waals surface area contributed by atoms with Gasteiger partial charge in [-0.2, -0.15) is 0 Å². The second-order valence-corrected chi connectivity index (χ2v) is 3.44. The number of benzene rings is 1. The highest BCUT2D eigenvalue weighted by Crippen LogP contribution is 2.15. The first-order valence-corrected chi connectivity index (χ1v) is 5.19. The van der Waals surface area contributed by atoms with E-state index < -0.39 is 0 Å². The van der Waals surface area contributed by atoms with Gasteiger partial charge in [0.15, 0.2) is 5.58 Å². The summed E-state index contributed by atoms with van der Waals surface area (Å²) in [6.45, 7) is 3.54. The maximum atomic E-state index is 11.5. The molecule has 0 aliphatic rings. The Kier molecular flexibility index (Phi) is 2.96. The fourth-order valence-electron chi connectivity index (χ4n) is 1.59. The first kappa shape index (κ1) is 10.8. The Labute approximate surface area is 92.4 Å². The summed E-state index contributed by atoms with van der Waals surface area (Å²) in [6, 6.07) is 5.17.